The van der Waals surface area contributed by atoms with Gasteiger partial charge in [0.1, 0.15) is 5.75 Å². The molecule has 8 heteroatoms. The number of hydrogen-bond donors (Lipinski definition) is 2. The Morgan fingerprint density at radius 3 is 2.62 bits per heavy atom. The first kappa shape index (κ1) is 18.3. The van der Waals surface area contributed by atoms with Crippen molar-refractivity contribution in [2.24, 2.45) is 5.10 Å². The number of nitrogens with zero attached hydrogens (tertiary/aromatic N) is 3. The van der Waals surface area contributed by atoms with Gasteiger partial charge in [0.15, 0.2) is 0 Å². The molecule has 3 aromatic rings. The van der Waals surface area contributed by atoms with Crippen LogP contribution in [-0.2, 0) is 5.75 Å². The van der Waals surface area contributed by atoms with E-state index >= 15 is 0 Å². The Morgan fingerprint density at radius 2 is 1.92 bits per heavy atom. The van der Waals surface area contributed by atoms with Crippen molar-refractivity contribution in [1.29, 1.82) is 0 Å². The normalized spacial score (nSPS) is 11.4. The van der Waals surface area contributed by atoms with Crippen molar-refractivity contribution in [2.45, 2.75) is 17.8 Å². The van der Waals surface area contributed by atoms with Crippen molar-refractivity contribution in [3.8, 4) is 5.75 Å². The quantitative estimate of drug-likeness (QED) is 0.352. The minimum absolute atomic E-state index is 0.497. The average molecular weight is 388 g/mol. The number of hydrazone groups is 1. The largest absolute Gasteiger partial charge is 0.497 e. The van der Waals surface area contributed by atoms with Crippen LogP contribution in [0.25, 0.3) is 0 Å². The van der Waals surface area contributed by atoms with Gasteiger partial charge in [-0.3, -0.25) is 0 Å². The Hall–Kier alpha value is -2.51. The van der Waals surface area contributed by atoms with Gasteiger partial charge in [0.25, 0.3) is 0 Å². The van der Waals surface area contributed by atoms with Crippen molar-refractivity contribution < 1.29 is 4.74 Å². The van der Waals surface area contributed by atoms with Gasteiger partial charge in [0, 0.05) is 10.8 Å². The molecule has 0 atom stereocenters. The van der Waals surface area contributed by atoms with E-state index in [1.54, 1.807) is 7.11 Å². The molecule has 0 aliphatic rings. The van der Waals surface area contributed by atoms with E-state index in [9.17, 15) is 0 Å². The lowest BCUT2D eigenvalue weighted by molar-refractivity contribution is 0.415. The second kappa shape index (κ2) is 8.73. The van der Waals surface area contributed by atoms with Gasteiger partial charge in [-0.1, -0.05) is 35.5 Å². The van der Waals surface area contributed by atoms with E-state index < -0.39 is 0 Å². The molecule has 2 N–H and O–H groups in total. The van der Waals surface area contributed by atoms with E-state index in [0.717, 1.165) is 33.4 Å². The molecular weight excluding hydrogens is 370 g/mol. The number of anilines is 1. The number of aromatic amines is 1. The first-order valence-corrected chi connectivity index (χ1v) is 9.25. The average Bonchev–Trinajstić information content (AvgIpc) is 3.13. The molecule has 1 aromatic heterocycles. The molecule has 2 aromatic carbocycles. The lowest BCUT2D eigenvalue weighted by Gasteiger charge is -2.03. The predicted molar refractivity (Wildman–Crippen MR) is 106 cm³/mol. The van der Waals surface area contributed by atoms with E-state index in [1.807, 2.05) is 55.5 Å². The number of hydrogen-bond acceptors (Lipinski definition) is 6. The van der Waals surface area contributed by atoms with Gasteiger partial charge in [0.05, 0.1) is 12.8 Å². The lowest BCUT2D eigenvalue weighted by Crippen LogP contribution is -2.00. The monoisotopic (exact) mass is 387 g/mol. The molecule has 0 fully saturated rings. The summed E-state index contributed by atoms with van der Waals surface area (Å²) in [5, 5.41) is 12.7. The molecule has 26 heavy (non-hydrogen) atoms. The number of thioether (sulfide) groups is 1. The van der Waals surface area contributed by atoms with E-state index in [1.165, 1.54) is 11.8 Å². The number of ether oxygens (including phenoxy) is 1. The van der Waals surface area contributed by atoms with Crippen molar-refractivity contribution >= 4 is 35.0 Å². The van der Waals surface area contributed by atoms with E-state index in [-0.39, 0.29) is 0 Å². The van der Waals surface area contributed by atoms with Crippen LogP contribution in [0.4, 0.5) is 5.95 Å². The third kappa shape index (κ3) is 5.00. The summed E-state index contributed by atoms with van der Waals surface area (Å²) in [6.07, 6.45) is 0. The number of benzene rings is 2. The number of aromatic nitrogens is 3. The zero-order chi connectivity index (χ0) is 18.4. The maximum Gasteiger partial charge on any atom is 0.240 e. The molecule has 3 rings (SSSR count). The summed E-state index contributed by atoms with van der Waals surface area (Å²) >= 11 is 7.42. The van der Waals surface area contributed by atoms with Gasteiger partial charge in [-0.2, -0.15) is 10.1 Å². The van der Waals surface area contributed by atoms with Crippen LogP contribution in [0.3, 0.4) is 0 Å². The molecule has 1 heterocycles. The highest BCUT2D eigenvalue weighted by Gasteiger charge is 2.05. The maximum absolute atomic E-state index is 5.89. The Labute approximate surface area is 161 Å². The summed E-state index contributed by atoms with van der Waals surface area (Å²) in [5.41, 5.74) is 5.88. The highest BCUT2D eigenvalue weighted by Crippen LogP contribution is 2.21. The second-order valence-corrected chi connectivity index (χ2v) is 6.80. The number of nitrogens with one attached hydrogen (secondary N) is 2. The zero-order valence-corrected chi connectivity index (χ0v) is 15.9. The molecule has 0 aliphatic heterocycles. The van der Waals surface area contributed by atoms with Crippen molar-refractivity contribution in [1.82, 2.24) is 15.2 Å². The first-order chi connectivity index (χ1) is 12.6. The minimum Gasteiger partial charge on any atom is -0.497 e. The van der Waals surface area contributed by atoms with Crippen LogP contribution in [0.2, 0.25) is 5.02 Å². The van der Waals surface area contributed by atoms with Crippen LogP contribution in [-0.4, -0.2) is 28.0 Å². The molecule has 0 amide bonds. The van der Waals surface area contributed by atoms with Crippen LogP contribution in [0.1, 0.15) is 18.1 Å². The van der Waals surface area contributed by atoms with E-state index in [0.29, 0.717) is 11.1 Å². The van der Waals surface area contributed by atoms with Gasteiger partial charge < -0.3 is 4.74 Å². The van der Waals surface area contributed by atoms with Crippen LogP contribution in [0, 0.1) is 0 Å². The first-order valence-electron chi connectivity index (χ1n) is 7.88. The summed E-state index contributed by atoms with van der Waals surface area (Å²) in [7, 11) is 1.64. The van der Waals surface area contributed by atoms with Crippen molar-refractivity contribution in [3.05, 3.63) is 64.7 Å². The smallest absolute Gasteiger partial charge is 0.240 e. The van der Waals surface area contributed by atoms with Gasteiger partial charge >= 0.3 is 0 Å². The molecule has 6 nitrogen and oxygen atoms in total. The van der Waals surface area contributed by atoms with Gasteiger partial charge in [0.2, 0.25) is 11.1 Å². The second-order valence-electron chi connectivity index (χ2n) is 5.42. The number of halogens is 1. The van der Waals surface area contributed by atoms with Crippen LogP contribution < -0.4 is 10.2 Å². The topological polar surface area (TPSA) is 75.2 Å². The summed E-state index contributed by atoms with van der Waals surface area (Å²) < 4.78 is 5.15. The van der Waals surface area contributed by atoms with Crippen LogP contribution >= 0.6 is 23.4 Å². The standard InChI is InChI=1S/C18H18ClN5OS/c1-12(14-5-9-16(25-2)10-6-14)21-22-17-20-18(24-23-17)26-11-13-3-7-15(19)8-4-13/h3-10H,11H2,1-2H3,(H2,20,22,23,24)/b21-12+. The lowest BCUT2D eigenvalue weighted by atomic mass is 10.1. The third-order valence-electron chi connectivity index (χ3n) is 3.58. The van der Waals surface area contributed by atoms with Gasteiger partial charge in [-0.15, -0.1) is 5.10 Å². The number of rotatable bonds is 7. The third-order valence-corrected chi connectivity index (χ3v) is 4.75. The predicted octanol–water partition coefficient (Wildman–Crippen LogP) is 4.60. The highest BCUT2D eigenvalue weighted by atomic mass is 35.5. The molecule has 0 bridgehead atoms. The van der Waals surface area contributed by atoms with Gasteiger partial charge in [-0.25, -0.2) is 10.5 Å². The number of H-pyrrole nitrogens is 1. The summed E-state index contributed by atoms with van der Waals surface area (Å²) in [4.78, 5) is 4.37. The fourth-order valence-electron chi connectivity index (χ4n) is 2.12. The number of methoxy groups -OCH3 is 1. The Morgan fingerprint density at radius 1 is 1.19 bits per heavy atom. The van der Waals surface area contributed by atoms with Crippen molar-refractivity contribution in [3.63, 3.8) is 0 Å². The SMILES string of the molecule is COc1ccc(/C(C)=N/Nc2nc(SCc3ccc(Cl)cc3)n[nH]2)cc1. The van der Waals surface area contributed by atoms with Crippen LogP contribution in [0.15, 0.2) is 58.8 Å². The molecule has 0 saturated heterocycles. The molecule has 0 saturated carbocycles. The van der Waals surface area contributed by atoms with E-state index in [4.69, 9.17) is 16.3 Å². The summed E-state index contributed by atoms with van der Waals surface area (Å²) in [6.45, 7) is 1.92. The van der Waals surface area contributed by atoms with E-state index in [2.05, 4.69) is 25.7 Å². The highest BCUT2D eigenvalue weighted by molar-refractivity contribution is 7.98. The summed E-state index contributed by atoms with van der Waals surface area (Å²) in [6, 6.07) is 15.4. The Balaban J connectivity index is 1.56. The summed E-state index contributed by atoms with van der Waals surface area (Å²) in [5.74, 6) is 2.08. The Bertz CT molecular complexity index is 877. The fourth-order valence-corrected chi connectivity index (χ4v) is 3.00. The molecule has 0 unspecified atom stereocenters. The molecule has 134 valence electrons. The maximum atomic E-state index is 5.89. The molecular formula is C18H18ClN5OS. The van der Waals surface area contributed by atoms with Gasteiger partial charge in [-0.05, 0) is 54.4 Å². The molecule has 0 spiro atoms. The molecule has 0 radical (unpaired) electrons. The fraction of sp³-hybridized carbons (Fsp3) is 0.167. The minimum atomic E-state index is 0.497. The Kier molecular flexibility index (Phi) is 6.14. The molecule has 0 aliphatic carbocycles. The van der Waals surface area contributed by atoms with Crippen LogP contribution in [0.5, 0.6) is 5.75 Å². The van der Waals surface area contributed by atoms with Crippen molar-refractivity contribution in [2.75, 3.05) is 12.5 Å². The zero-order valence-electron chi connectivity index (χ0n) is 14.4.